The Morgan fingerprint density at radius 3 is 2.55 bits per heavy atom. The molecular formula is C16H12ClN3O2. The number of carbonyl (C=O) groups is 1. The number of halogens is 1. The predicted octanol–water partition coefficient (Wildman–Crippen LogP) is 3.50. The highest BCUT2D eigenvalue weighted by Gasteiger charge is 2.09. The third-order valence-corrected chi connectivity index (χ3v) is 2.93. The maximum absolute atomic E-state index is 12.0. The molecule has 0 aliphatic heterocycles. The first-order valence-corrected chi connectivity index (χ1v) is 6.69. The zero-order valence-corrected chi connectivity index (χ0v) is 12.1. The second kappa shape index (κ2) is 7.16. The van der Waals surface area contributed by atoms with E-state index in [1.54, 1.807) is 36.4 Å². The second-order valence-corrected chi connectivity index (χ2v) is 4.76. The summed E-state index contributed by atoms with van der Waals surface area (Å²) in [5, 5.41) is 24.1. The molecule has 2 aromatic carbocycles. The molecular weight excluding hydrogens is 302 g/mol. The van der Waals surface area contributed by atoms with Gasteiger partial charge >= 0.3 is 0 Å². The molecule has 1 amide bonds. The van der Waals surface area contributed by atoms with E-state index in [1.165, 1.54) is 18.3 Å². The molecule has 0 saturated heterocycles. The van der Waals surface area contributed by atoms with Crippen molar-refractivity contribution in [2.75, 3.05) is 10.6 Å². The zero-order chi connectivity index (χ0) is 15.9. The average Bonchev–Trinajstić information content (AvgIpc) is 2.49. The molecule has 6 heteroatoms. The van der Waals surface area contributed by atoms with E-state index in [2.05, 4.69) is 10.6 Å². The number of aromatic hydroxyl groups is 1. The number of hydrogen-bond donors (Lipinski definition) is 3. The Kier molecular flexibility index (Phi) is 5.02. The van der Waals surface area contributed by atoms with Crippen LogP contribution in [0, 0.1) is 11.3 Å². The minimum Gasteiger partial charge on any atom is -0.508 e. The number of rotatable bonds is 4. The molecule has 0 bridgehead atoms. The van der Waals surface area contributed by atoms with E-state index in [-0.39, 0.29) is 11.3 Å². The van der Waals surface area contributed by atoms with E-state index < -0.39 is 5.91 Å². The molecule has 5 nitrogen and oxygen atoms in total. The molecule has 2 rings (SSSR count). The Morgan fingerprint density at radius 1 is 1.18 bits per heavy atom. The molecule has 0 spiro atoms. The van der Waals surface area contributed by atoms with Crippen LogP contribution in [0.15, 0.2) is 60.3 Å². The first-order valence-electron chi connectivity index (χ1n) is 6.31. The SMILES string of the molecule is N#C/C(=C/Nc1ccc(O)cc1)C(=O)Nc1cccc(Cl)c1. The van der Waals surface area contributed by atoms with Gasteiger partial charge in [0.15, 0.2) is 0 Å². The van der Waals surface area contributed by atoms with E-state index in [0.717, 1.165) is 0 Å². The number of carbonyl (C=O) groups excluding carboxylic acids is 1. The average molecular weight is 314 g/mol. The van der Waals surface area contributed by atoms with Gasteiger partial charge in [-0.1, -0.05) is 17.7 Å². The van der Waals surface area contributed by atoms with Crippen molar-refractivity contribution in [2.24, 2.45) is 0 Å². The lowest BCUT2D eigenvalue weighted by Crippen LogP contribution is -2.14. The minimum atomic E-state index is -0.545. The van der Waals surface area contributed by atoms with Crippen LogP contribution < -0.4 is 10.6 Å². The highest BCUT2D eigenvalue weighted by Crippen LogP contribution is 2.16. The van der Waals surface area contributed by atoms with Crippen LogP contribution in [0.25, 0.3) is 0 Å². The summed E-state index contributed by atoms with van der Waals surface area (Å²) in [6, 6.07) is 14.7. The zero-order valence-electron chi connectivity index (χ0n) is 11.4. The molecule has 0 aliphatic rings. The number of hydrogen-bond acceptors (Lipinski definition) is 4. The number of nitrogens with zero attached hydrogens (tertiary/aromatic N) is 1. The maximum Gasteiger partial charge on any atom is 0.267 e. The first kappa shape index (κ1) is 15.4. The fraction of sp³-hybridized carbons (Fsp3) is 0. The summed E-state index contributed by atoms with van der Waals surface area (Å²) < 4.78 is 0. The lowest BCUT2D eigenvalue weighted by molar-refractivity contribution is -0.112. The van der Waals surface area contributed by atoms with Gasteiger partial charge in [-0.05, 0) is 42.5 Å². The Balaban J connectivity index is 2.07. The summed E-state index contributed by atoms with van der Waals surface area (Å²) in [4.78, 5) is 12.0. The van der Waals surface area contributed by atoms with Crippen molar-refractivity contribution in [3.8, 4) is 11.8 Å². The summed E-state index contributed by atoms with van der Waals surface area (Å²) in [6.07, 6.45) is 1.30. The topological polar surface area (TPSA) is 85.2 Å². The van der Waals surface area contributed by atoms with Crippen molar-refractivity contribution in [3.05, 3.63) is 65.3 Å². The molecule has 3 N–H and O–H groups in total. The van der Waals surface area contributed by atoms with Crippen LogP contribution >= 0.6 is 11.6 Å². The fourth-order valence-corrected chi connectivity index (χ4v) is 1.82. The normalized spacial score (nSPS) is 10.6. The third-order valence-electron chi connectivity index (χ3n) is 2.70. The number of amides is 1. The van der Waals surface area contributed by atoms with Gasteiger partial charge in [-0.25, -0.2) is 0 Å². The highest BCUT2D eigenvalue weighted by molar-refractivity contribution is 6.31. The van der Waals surface area contributed by atoms with Gasteiger partial charge in [-0.2, -0.15) is 5.26 Å². The summed E-state index contributed by atoms with van der Waals surface area (Å²) in [7, 11) is 0. The molecule has 0 aromatic heterocycles. The number of nitrogens with one attached hydrogen (secondary N) is 2. The molecule has 0 atom stereocenters. The van der Waals surface area contributed by atoms with Crippen LogP contribution in [0.1, 0.15) is 0 Å². The van der Waals surface area contributed by atoms with Gasteiger partial charge in [0.1, 0.15) is 17.4 Å². The summed E-state index contributed by atoms with van der Waals surface area (Å²) in [5.74, 6) is -0.412. The van der Waals surface area contributed by atoms with Crippen LogP contribution in [-0.4, -0.2) is 11.0 Å². The smallest absolute Gasteiger partial charge is 0.267 e. The standard InChI is InChI=1S/C16H12ClN3O2/c17-12-2-1-3-14(8-12)20-16(22)11(9-18)10-19-13-4-6-15(21)7-5-13/h1-8,10,19,21H,(H,20,22)/b11-10-. The lowest BCUT2D eigenvalue weighted by atomic mass is 10.2. The molecule has 0 fully saturated rings. The molecule has 0 unspecified atom stereocenters. The van der Waals surface area contributed by atoms with Gasteiger partial charge in [-0.15, -0.1) is 0 Å². The largest absolute Gasteiger partial charge is 0.508 e. The van der Waals surface area contributed by atoms with Gasteiger partial charge in [0.2, 0.25) is 0 Å². The van der Waals surface area contributed by atoms with Crippen molar-refractivity contribution in [3.63, 3.8) is 0 Å². The second-order valence-electron chi connectivity index (χ2n) is 4.33. The number of benzene rings is 2. The van der Waals surface area contributed by atoms with Crippen molar-refractivity contribution < 1.29 is 9.90 Å². The number of nitriles is 1. The van der Waals surface area contributed by atoms with E-state index in [4.69, 9.17) is 16.9 Å². The van der Waals surface area contributed by atoms with Crippen molar-refractivity contribution in [1.82, 2.24) is 0 Å². The van der Waals surface area contributed by atoms with Gasteiger partial charge in [0.05, 0.1) is 0 Å². The Hall–Kier alpha value is -2.97. The lowest BCUT2D eigenvalue weighted by Gasteiger charge is -2.05. The van der Waals surface area contributed by atoms with Crippen LogP contribution in [0.4, 0.5) is 11.4 Å². The van der Waals surface area contributed by atoms with Crippen LogP contribution in [0.2, 0.25) is 5.02 Å². The first-order chi connectivity index (χ1) is 10.6. The summed E-state index contributed by atoms with van der Waals surface area (Å²) in [5.41, 5.74) is 1.05. The van der Waals surface area contributed by atoms with Gasteiger partial charge in [0, 0.05) is 22.6 Å². The van der Waals surface area contributed by atoms with E-state index in [1.807, 2.05) is 6.07 Å². The molecule has 110 valence electrons. The monoisotopic (exact) mass is 313 g/mol. The van der Waals surface area contributed by atoms with E-state index in [9.17, 15) is 9.90 Å². The van der Waals surface area contributed by atoms with Gasteiger partial charge in [-0.3, -0.25) is 4.79 Å². The van der Waals surface area contributed by atoms with Crippen LogP contribution in [0.5, 0.6) is 5.75 Å². The highest BCUT2D eigenvalue weighted by atomic mass is 35.5. The Labute approximate surface area is 132 Å². The Bertz CT molecular complexity index is 749. The Morgan fingerprint density at radius 2 is 1.91 bits per heavy atom. The van der Waals surface area contributed by atoms with E-state index in [0.29, 0.717) is 16.4 Å². The predicted molar refractivity (Wildman–Crippen MR) is 85.5 cm³/mol. The quantitative estimate of drug-likeness (QED) is 0.458. The van der Waals surface area contributed by atoms with Crippen molar-refractivity contribution >= 4 is 28.9 Å². The third kappa shape index (κ3) is 4.27. The molecule has 0 heterocycles. The minimum absolute atomic E-state index is 0.0898. The maximum atomic E-state index is 12.0. The molecule has 0 radical (unpaired) electrons. The van der Waals surface area contributed by atoms with Crippen molar-refractivity contribution in [1.29, 1.82) is 5.26 Å². The summed E-state index contributed by atoms with van der Waals surface area (Å²) >= 11 is 5.83. The number of phenols is 1. The number of anilines is 2. The van der Waals surface area contributed by atoms with Gasteiger partial charge < -0.3 is 15.7 Å². The molecule has 0 aliphatic carbocycles. The van der Waals surface area contributed by atoms with Crippen LogP contribution in [0.3, 0.4) is 0 Å². The fourth-order valence-electron chi connectivity index (χ4n) is 1.63. The van der Waals surface area contributed by atoms with E-state index >= 15 is 0 Å². The van der Waals surface area contributed by atoms with Gasteiger partial charge in [0.25, 0.3) is 5.91 Å². The molecule has 0 saturated carbocycles. The summed E-state index contributed by atoms with van der Waals surface area (Å²) in [6.45, 7) is 0. The number of phenolic OH excluding ortho intramolecular Hbond substituents is 1. The van der Waals surface area contributed by atoms with Crippen molar-refractivity contribution in [2.45, 2.75) is 0 Å². The molecule has 2 aromatic rings. The molecule has 22 heavy (non-hydrogen) atoms. The van der Waals surface area contributed by atoms with Crippen LogP contribution in [-0.2, 0) is 4.79 Å².